The van der Waals surface area contributed by atoms with Gasteiger partial charge in [-0.1, -0.05) is 0 Å². The largest absolute Gasteiger partial charge is 0.495 e. The Hall–Kier alpha value is -3.59. The van der Waals surface area contributed by atoms with Crippen molar-refractivity contribution in [3.63, 3.8) is 0 Å². The number of methoxy groups -OCH3 is 1. The van der Waals surface area contributed by atoms with Gasteiger partial charge in [-0.2, -0.15) is 0 Å². The van der Waals surface area contributed by atoms with Crippen molar-refractivity contribution < 1.29 is 23.9 Å². The maximum absolute atomic E-state index is 12.7. The van der Waals surface area contributed by atoms with Crippen molar-refractivity contribution in [2.75, 3.05) is 57.6 Å². The topological polar surface area (TPSA) is 109 Å². The fourth-order valence-electron chi connectivity index (χ4n) is 3.16. The lowest BCUT2D eigenvalue weighted by atomic mass is 10.1. The zero-order chi connectivity index (χ0) is 22.2. The Bertz CT molecular complexity index is 939. The standard InChI is InChI=1S/C22H26N4O5/c1-23-21(28)15-3-6-17(7-4-15)25-20(27)14-24-18-13-16(5-8-19(18)30-2)22(29)26-9-11-31-12-10-26/h3-8,13,24H,9-12,14H2,1-2H3,(H,23,28)(H,25,27). The van der Waals surface area contributed by atoms with Gasteiger partial charge in [0.25, 0.3) is 11.8 Å². The summed E-state index contributed by atoms with van der Waals surface area (Å²) < 4.78 is 10.6. The molecule has 0 saturated carbocycles. The normalized spacial score (nSPS) is 13.3. The van der Waals surface area contributed by atoms with E-state index in [9.17, 15) is 14.4 Å². The second kappa shape index (κ2) is 10.4. The van der Waals surface area contributed by atoms with Crippen LogP contribution in [0.2, 0.25) is 0 Å². The van der Waals surface area contributed by atoms with Crippen molar-refractivity contribution in [2.45, 2.75) is 0 Å². The number of nitrogens with zero attached hydrogens (tertiary/aromatic N) is 1. The van der Waals surface area contributed by atoms with E-state index < -0.39 is 0 Å². The average molecular weight is 426 g/mol. The predicted molar refractivity (Wildman–Crippen MR) is 117 cm³/mol. The molecular formula is C22H26N4O5. The van der Waals surface area contributed by atoms with Gasteiger partial charge in [0.15, 0.2) is 0 Å². The molecule has 0 bridgehead atoms. The van der Waals surface area contributed by atoms with Crippen LogP contribution < -0.4 is 20.7 Å². The number of ether oxygens (including phenoxy) is 2. The molecule has 1 fully saturated rings. The first kappa shape index (κ1) is 22.1. The number of anilines is 2. The Morgan fingerprint density at radius 3 is 2.35 bits per heavy atom. The van der Waals surface area contributed by atoms with Crippen molar-refractivity contribution in [2.24, 2.45) is 0 Å². The van der Waals surface area contributed by atoms with Gasteiger partial charge >= 0.3 is 0 Å². The van der Waals surface area contributed by atoms with E-state index in [4.69, 9.17) is 9.47 Å². The van der Waals surface area contributed by atoms with E-state index in [1.165, 1.54) is 7.11 Å². The summed E-state index contributed by atoms with van der Waals surface area (Å²) in [5.74, 6) is -0.0336. The van der Waals surface area contributed by atoms with Crippen molar-refractivity contribution in [1.82, 2.24) is 10.2 Å². The molecule has 0 atom stereocenters. The molecule has 3 N–H and O–H groups in total. The van der Waals surface area contributed by atoms with E-state index in [1.807, 2.05) is 0 Å². The van der Waals surface area contributed by atoms with Gasteiger partial charge in [-0.3, -0.25) is 14.4 Å². The molecule has 164 valence electrons. The van der Waals surface area contributed by atoms with Crippen LogP contribution >= 0.6 is 0 Å². The number of hydrogen-bond acceptors (Lipinski definition) is 6. The molecule has 2 aromatic rings. The van der Waals surface area contributed by atoms with Crippen LogP contribution in [0.25, 0.3) is 0 Å². The lowest BCUT2D eigenvalue weighted by molar-refractivity contribution is -0.114. The Balaban J connectivity index is 1.62. The number of carbonyl (C=O) groups excluding carboxylic acids is 3. The van der Waals surface area contributed by atoms with Gasteiger partial charge in [-0.15, -0.1) is 0 Å². The SMILES string of the molecule is CNC(=O)c1ccc(NC(=O)CNc2cc(C(=O)N3CCOCC3)ccc2OC)cc1. The molecule has 3 amide bonds. The molecule has 0 unspecified atom stereocenters. The first-order valence-electron chi connectivity index (χ1n) is 9.92. The summed E-state index contributed by atoms with van der Waals surface area (Å²) >= 11 is 0. The summed E-state index contributed by atoms with van der Waals surface area (Å²) in [5.41, 5.74) is 2.13. The first-order chi connectivity index (χ1) is 15.0. The first-order valence-corrected chi connectivity index (χ1v) is 9.92. The molecule has 0 aliphatic carbocycles. The van der Waals surface area contributed by atoms with Crippen molar-refractivity contribution in [3.05, 3.63) is 53.6 Å². The molecule has 1 saturated heterocycles. The van der Waals surface area contributed by atoms with E-state index in [0.717, 1.165) is 0 Å². The van der Waals surface area contributed by atoms with Crippen LogP contribution in [0.15, 0.2) is 42.5 Å². The third-order valence-electron chi connectivity index (χ3n) is 4.84. The van der Waals surface area contributed by atoms with Crippen LogP contribution in [0.1, 0.15) is 20.7 Å². The zero-order valence-corrected chi connectivity index (χ0v) is 17.6. The third-order valence-corrected chi connectivity index (χ3v) is 4.84. The van der Waals surface area contributed by atoms with Gasteiger partial charge in [0.1, 0.15) is 5.75 Å². The van der Waals surface area contributed by atoms with Crippen molar-refractivity contribution >= 4 is 29.1 Å². The molecule has 1 aliphatic rings. The summed E-state index contributed by atoms with van der Waals surface area (Å²) in [4.78, 5) is 38.4. The second-order valence-corrected chi connectivity index (χ2v) is 6.88. The quantitative estimate of drug-likeness (QED) is 0.620. The number of hydrogen-bond donors (Lipinski definition) is 3. The van der Waals surface area contributed by atoms with Crippen molar-refractivity contribution in [1.29, 1.82) is 0 Å². The second-order valence-electron chi connectivity index (χ2n) is 6.88. The van der Waals surface area contributed by atoms with Gasteiger partial charge in [0.2, 0.25) is 5.91 Å². The van der Waals surface area contributed by atoms with E-state index in [1.54, 1.807) is 54.4 Å². The fraction of sp³-hybridized carbons (Fsp3) is 0.318. The van der Waals surface area contributed by atoms with Crippen LogP contribution in [0.3, 0.4) is 0 Å². The van der Waals surface area contributed by atoms with Crippen molar-refractivity contribution in [3.8, 4) is 5.75 Å². The minimum Gasteiger partial charge on any atom is -0.495 e. The third kappa shape index (κ3) is 5.73. The molecule has 0 aromatic heterocycles. The molecule has 2 aromatic carbocycles. The highest BCUT2D eigenvalue weighted by molar-refractivity contribution is 5.98. The van der Waals surface area contributed by atoms with Gasteiger partial charge < -0.3 is 30.3 Å². The van der Waals surface area contributed by atoms with E-state index in [-0.39, 0.29) is 24.3 Å². The van der Waals surface area contributed by atoms with Crippen LogP contribution in [-0.2, 0) is 9.53 Å². The Morgan fingerprint density at radius 2 is 1.71 bits per heavy atom. The van der Waals surface area contributed by atoms with Crippen LogP contribution in [0, 0.1) is 0 Å². The van der Waals surface area contributed by atoms with E-state index in [2.05, 4.69) is 16.0 Å². The van der Waals surface area contributed by atoms with Gasteiger partial charge in [-0.05, 0) is 42.5 Å². The Kier molecular flexibility index (Phi) is 7.45. The fourth-order valence-corrected chi connectivity index (χ4v) is 3.16. The number of carbonyl (C=O) groups is 3. The minimum atomic E-state index is -0.278. The highest BCUT2D eigenvalue weighted by Crippen LogP contribution is 2.26. The zero-order valence-electron chi connectivity index (χ0n) is 17.6. The predicted octanol–water partition coefficient (Wildman–Crippen LogP) is 1.58. The average Bonchev–Trinajstić information content (AvgIpc) is 2.82. The molecule has 1 aliphatic heterocycles. The molecule has 31 heavy (non-hydrogen) atoms. The monoisotopic (exact) mass is 426 g/mol. The lowest BCUT2D eigenvalue weighted by Gasteiger charge is -2.27. The lowest BCUT2D eigenvalue weighted by Crippen LogP contribution is -2.40. The molecule has 3 rings (SSSR count). The summed E-state index contributed by atoms with van der Waals surface area (Å²) in [6, 6.07) is 11.7. The number of rotatable bonds is 7. The molecular weight excluding hydrogens is 400 g/mol. The highest BCUT2D eigenvalue weighted by atomic mass is 16.5. The molecule has 0 spiro atoms. The van der Waals surface area contributed by atoms with E-state index in [0.29, 0.717) is 54.6 Å². The summed E-state index contributed by atoms with van der Waals surface area (Å²) in [5, 5.41) is 8.33. The Labute approximate surface area is 180 Å². The van der Waals surface area contributed by atoms with Gasteiger partial charge in [-0.25, -0.2) is 0 Å². The van der Waals surface area contributed by atoms with Gasteiger partial charge in [0.05, 0.1) is 32.6 Å². The Morgan fingerprint density at radius 1 is 1.03 bits per heavy atom. The number of morpholine rings is 1. The smallest absolute Gasteiger partial charge is 0.254 e. The van der Waals surface area contributed by atoms with E-state index >= 15 is 0 Å². The number of amides is 3. The number of benzene rings is 2. The molecule has 9 heteroatoms. The summed E-state index contributed by atoms with van der Waals surface area (Å²) in [6.07, 6.45) is 0. The van der Waals surface area contributed by atoms with Gasteiger partial charge in [0, 0.05) is 37.0 Å². The van der Waals surface area contributed by atoms with Crippen LogP contribution in [0.4, 0.5) is 11.4 Å². The number of nitrogens with one attached hydrogen (secondary N) is 3. The molecule has 9 nitrogen and oxygen atoms in total. The summed E-state index contributed by atoms with van der Waals surface area (Å²) in [6.45, 7) is 2.13. The maximum Gasteiger partial charge on any atom is 0.254 e. The maximum atomic E-state index is 12.7. The molecule has 0 radical (unpaired) electrons. The van der Waals surface area contributed by atoms with Crippen LogP contribution in [-0.4, -0.2) is 69.6 Å². The minimum absolute atomic E-state index is 0.0250. The summed E-state index contributed by atoms with van der Waals surface area (Å²) in [7, 11) is 3.08. The highest BCUT2D eigenvalue weighted by Gasteiger charge is 2.20. The molecule has 1 heterocycles. The van der Waals surface area contributed by atoms with Crippen LogP contribution in [0.5, 0.6) is 5.75 Å².